The van der Waals surface area contributed by atoms with Gasteiger partial charge in [-0.05, 0) is 25.7 Å². The molecule has 2 saturated carbocycles. The number of aliphatic hydroxyl groups is 2. The van der Waals surface area contributed by atoms with Gasteiger partial charge in [0.1, 0.15) is 0 Å². The molecule has 0 aromatic carbocycles. The molecule has 13 heavy (non-hydrogen) atoms. The minimum atomic E-state index is -0.239. The highest BCUT2D eigenvalue weighted by atomic mass is 16.3. The zero-order valence-electron chi connectivity index (χ0n) is 8.21. The summed E-state index contributed by atoms with van der Waals surface area (Å²) >= 11 is 0. The molecule has 0 aliphatic heterocycles. The smallest absolute Gasteiger partial charge is 0.0621 e. The molecule has 1 spiro atoms. The molecule has 2 atom stereocenters. The maximum absolute atomic E-state index is 9.99. The highest BCUT2D eigenvalue weighted by Crippen LogP contribution is 2.47. The molecule has 0 radical (unpaired) electrons. The van der Waals surface area contributed by atoms with Gasteiger partial charge in [-0.25, -0.2) is 0 Å². The van der Waals surface area contributed by atoms with Crippen LogP contribution in [-0.2, 0) is 0 Å². The summed E-state index contributed by atoms with van der Waals surface area (Å²) in [5.74, 6) is 0. The first kappa shape index (κ1) is 9.47. The van der Waals surface area contributed by atoms with Gasteiger partial charge in [-0.2, -0.15) is 0 Å². The van der Waals surface area contributed by atoms with Crippen LogP contribution in [-0.4, -0.2) is 22.4 Å². The van der Waals surface area contributed by atoms with Gasteiger partial charge in [-0.1, -0.05) is 25.7 Å². The van der Waals surface area contributed by atoms with E-state index in [0.29, 0.717) is 0 Å². The van der Waals surface area contributed by atoms with Crippen molar-refractivity contribution < 1.29 is 10.2 Å². The molecule has 2 N–H and O–H groups in total. The lowest BCUT2D eigenvalue weighted by Crippen LogP contribution is -2.49. The molecule has 0 amide bonds. The zero-order valence-corrected chi connectivity index (χ0v) is 8.21. The Hall–Kier alpha value is -0.0800. The summed E-state index contributed by atoms with van der Waals surface area (Å²) < 4.78 is 0. The van der Waals surface area contributed by atoms with Gasteiger partial charge >= 0.3 is 0 Å². The van der Waals surface area contributed by atoms with Crippen molar-refractivity contribution >= 4 is 0 Å². The Bertz CT molecular complexity index is 159. The summed E-state index contributed by atoms with van der Waals surface area (Å²) in [7, 11) is 0. The Morgan fingerprint density at radius 3 is 1.62 bits per heavy atom. The fraction of sp³-hybridized carbons (Fsp3) is 1.00. The van der Waals surface area contributed by atoms with Crippen LogP contribution in [0.15, 0.2) is 0 Å². The van der Waals surface area contributed by atoms with Crippen molar-refractivity contribution in [3.05, 3.63) is 0 Å². The first-order valence-electron chi connectivity index (χ1n) is 5.62. The SMILES string of the molecule is O[C@@H]1CCCCC12CCCC[C@H]2O. The molecule has 0 saturated heterocycles. The minimum absolute atomic E-state index is 0.115. The molecule has 76 valence electrons. The van der Waals surface area contributed by atoms with Crippen molar-refractivity contribution in [3.63, 3.8) is 0 Å². The molecule has 0 aromatic heterocycles. The van der Waals surface area contributed by atoms with E-state index in [9.17, 15) is 10.2 Å². The van der Waals surface area contributed by atoms with Gasteiger partial charge < -0.3 is 10.2 Å². The van der Waals surface area contributed by atoms with Gasteiger partial charge in [0.05, 0.1) is 12.2 Å². The molecule has 2 heteroatoms. The third-order valence-electron chi connectivity index (χ3n) is 4.07. The summed E-state index contributed by atoms with van der Waals surface area (Å²) in [4.78, 5) is 0. The second-order valence-electron chi connectivity index (χ2n) is 4.76. The van der Waals surface area contributed by atoms with Gasteiger partial charge in [-0.15, -0.1) is 0 Å². The van der Waals surface area contributed by atoms with E-state index in [2.05, 4.69) is 0 Å². The molecule has 0 aromatic rings. The van der Waals surface area contributed by atoms with Gasteiger partial charge in [0.2, 0.25) is 0 Å². The Kier molecular flexibility index (Phi) is 2.61. The number of aliphatic hydroxyl groups excluding tert-OH is 2. The lowest BCUT2D eigenvalue weighted by Gasteiger charge is -2.47. The lowest BCUT2D eigenvalue weighted by atomic mass is 9.62. The summed E-state index contributed by atoms with van der Waals surface area (Å²) in [5, 5.41) is 20.0. The fourth-order valence-electron chi connectivity index (χ4n) is 3.17. The molecule has 2 aliphatic carbocycles. The van der Waals surface area contributed by atoms with Gasteiger partial charge in [0, 0.05) is 5.41 Å². The van der Waals surface area contributed by atoms with Crippen molar-refractivity contribution in [3.8, 4) is 0 Å². The largest absolute Gasteiger partial charge is 0.392 e. The first-order chi connectivity index (χ1) is 6.26. The third kappa shape index (κ3) is 1.50. The van der Waals surface area contributed by atoms with E-state index in [0.717, 1.165) is 38.5 Å². The van der Waals surface area contributed by atoms with E-state index in [4.69, 9.17) is 0 Å². The molecule has 0 heterocycles. The van der Waals surface area contributed by atoms with E-state index in [1.165, 1.54) is 12.8 Å². The van der Waals surface area contributed by atoms with Crippen LogP contribution >= 0.6 is 0 Å². The van der Waals surface area contributed by atoms with Crippen LogP contribution in [0.25, 0.3) is 0 Å². The van der Waals surface area contributed by atoms with E-state index >= 15 is 0 Å². The van der Waals surface area contributed by atoms with Crippen LogP contribution in [0.3, 0.4) is 0 Å². The first-order valence-corrected chi connectivity index (χ1v) is 5.62. The maximum Gasteiger partial charge on any atom is 0.0621 e. The molecule has 2 aliphatic rings. The van der Waals surface area contributed by atoms with Crippen LogP contribution in [0.4, 0.5) is 0 Å². The molecule has 2 nitrogen and oxygen atoms in total. The summed E-state index contributed by atoms with van der Waals surface area (Å²) in [6, 6.07) is 0. The molecule has 2 rings (SSSR count). The number of hydrogen-bond donors (Lipinski definition) is 2. The monoisotopic (exact) mass is 184 g/mol. The second kappa shape index (κ2) is 3.58. The average molecular weight is 184 g/mol. The van der Waals surface area contributed by atoms with Gasteiger partial charge in [0.15, 0.2) is 0 Å². The summed E-state index contributed by atoms with van der Waals surface area (Å²) in [6.45, 7) is 0. The third-order valence-corrected chi connectivity index (χ3v) is 4.07. The van der Waals surface area contributed by atoms with Crippen LogP contribution in [0.1, 0.15) is 51.4 Å². The molecular weight excluding hydrogens is 164 g/mol. The van der Waals surface area contributed by atoms with E-state index < -0.39 is 0 Å². The van der Waals surface area contributed by atoms with Crippen LogP contribution < -0.4 is 0 Å². The van der Waals surface area contributed by atoms with Crippen LogP contribution in [0, 0.1) is 5.41 Å². The predicted molar refractivity (Wildman–Crippen MR) is 51.4 cm³/mol. The summed E-state index contributed by atoms with van der Waals surface area (Å²) in [6.07, 6.45) is 8.04. The van der Waals surface area contributed by atoms with Crippen molar-refractivity contribution in [1.29, 1.82) is 0 Å². The van der Waals surface area contributed by atoms with Gasteiger partial charge in [-0.3, -0.25) is 0 Å². The Labute approximate surface area is 80.0 Å². The minimum Gasteiger partial charge on any atom is -0.392 e. The zero-order chi connectivity index (χ0) is 9.31. The van der Waals surface area contributed by atoms with Crippen LogP contribution in [0.5, 0.6) is 0 Å². The average Bonchev–Trinajstić information content (AvgIpc) is 2.15. The van der Waals surface area contributed by atoms with Gasteiger partial charge in [0.25, 0.3) is 0 Å². The topological polar surface area (TPSA) is 40.5 Å². The molecule has 2 fully saturated rings. The van der Waals surface area contributed by atoms with Crippen LogP contribution in [0.2, 0.25) is 0 Å². The highest BCUT2D eigenvalue weighted by Gasteiger charge is 2.46. The lowest BCUT2D eigenvalue weighted by molar-refractivity contribution is -0.116. The van der Waals surface area contributed by atoms with Crippen molar-refractivity contribution in [2.75, 3.05) is 0 Å². The number of rotatable bonds is 0. The van der Waals surface area contributed by atoms with Crippen molar-refractivity contribution in [2.45, 2.75) is 63.6 Å². The molecule has 0 bridgehead atoms. The van der Waals surface area contributed by atoms with Crippen molar-refractivity contribution in [1.82, 2.24) is 0 Å². The fourth-order valence-corrected chi connectivity index (χ4v) is 3.17. The van der Waals surface area contributed by atoms with E-state index in [-0.39, 0.29) is 17.6 Å². The predicted octanol–water partition coefficient (Wildman–Crippen LogP) is 1.84. The Morgan fingerprint density at radius 1 is 0.769 bits per heavy atom. The molecular formula is C11H20O2. The Morgan fingerprint density at radius 2 is 1.23 bits per heavy atom. The second-order valence-corrected chi connectivity index (χ2v) is 4.76. The summed E-state index contributed by atoms with van der Waals surface area (Å²) in [5.41, 5.74) is -0.115. The number of hydrogen-bond acceptors (Lipinski definition) is 2. The van der Waals surface area contributed by atoms with Crippen molar-refractivity contribution in [2.24, 2.45) is 5.41 Å². The molecule has 0 unspecified atom stereocenters. The van der Waals surface area contributed by atoms with E-state index in [1.807, 2.05) is 0 Å². The standard InChI is InChI=1S/C11H20O2/c12-9-5-1-3-7-11(9)8-4-2-6-10(11)13/h9-10,12-13H,1-8H2/t9-,10-,11?/m1/s1. The Balaban J connectivity index is 2.13. The van der Waals surface area contributed by atoms with E-state index in [1.54, 1.807) is 0 Å². The normalized spacial score (nSPS) is 39.2. The highest BCUT2D eigenvalue weighted by molar-refractivity contribution is 4.97. The quantitative estimate of drug-likeness (QED) is 0.603. The maximum atomic E-state index is 9.99.